The van der Waals surface area contributed by atoms with Gasteiger partial charge in [0.05, 0.1) is 20.6 Å². The third-order valence-electron chi connectivity index (χ3n) is 3.38. The number of esters is 1. The van der Waals surface area contributed by atoms with Gasteiger partial charge in [0, 0.05) is 17.9 Å². The molecule has 2 atom stereocenters. The summed E-state index contributed by atoms with van der Waals surface area (Å²) in [5, 5.41) is 0. The second-order valence-corrected chi connectivity index (χ2v) is 4.40. The first-order valence-electron chi connectivity index (χ1n) is 5.73. The molecular weight excluding hydrogens is 254 g/mol. The summed E-state index contributed by atoms with van der Waals surface area (Å²) in [5.74, 6) is 0.862. The van der Waals surface area contributed by atoms with Crippen LogP contribution in [-0.4, -0.2) is 20.2 Å². The molecule has 0 radical (unpaired) electrons. The second-order valence-electron chi connectivity index (χ2n) is 4.40. The normalized spacial score (nSPS) is 20.8. The van der Waals surface area contributed by atoms with Gasteiger partial charge in [-0.3, -0.25) is 4.79 Å². The summed E-state index contributed by atoms with van der Waals surface area (Å²) < 4.78 is 9.95. The molecule has 0 aromatic heterocycles. The molecule has 2 unspecified atom stereocenters. The van der Waals surface area contributed by atoms with Crippen molar-refractivity contribution in [3.05, 3.63) is 29.3 Å². The molecule has 0 amide bonds. The smallest absolute Gasteiger partial charge is 0.306 e. The first kappa shape index (κ1) is 14.8. The number of methoxy groups -OCH3 is 2. The molecule has 1 aromatic carbocycles. The largest absolute Gasteiger partial charge is 1.00 e. The summed E-state index contributed by atoms with van der Waals surface area (Å²) in [6.07, 6.45) is 1.32. The Morgan fingerprint density at radius 2 is 2.11 bits per heavy atom. The number of fused-ring (bicyclic) bond motifs is 1. The summed E-state index contributed by atoms with van der Waals surface area (Å²) in [6, 6.07) is 6.25. The minimum atomic E-state index is -0.169. The molecule has 0 aliphatic heterocycles. The number of quaternary nitrogens is 1. The van der Waals surface area contributed by atoms with Gasteiger partial charge in [0.1, 0.15) is 11.8 Å². The zero-order chi connectivity index (χ0) is 12.4. The number of carbonyl (C=O) groups excluding carboxylic acids is 1. The molecule has 1 aromatic rings. The van der Waals surface area contributed by atoms with Gasteiger partial charge >= 0.3 is 5.97 Å². The molecule has 4 nitrogen and oxygen atoms in total. The van der Waals surface area contributed by atoms with Gasteiger partial charge in [-0.15, -0.1) is 0 Å². The Morgan fingerprint density at radius 1 is 1.39 bits per heavy atom. The molecule has 0 saturated heterocycles. The minimum Gasteiger partial charge on any atom is -1.00 e. The fourth-order valence-electron chi connectivity index (χ4n) is 2.48. The maximum absolute atomic E-state index is 11.4. The van der Waals surface area contributed by atoms with Crippen LogP contribution in [0.1, 0.15) is 35.9 Å². The Hall–Kier alpha value is -1.26. The van der Waals surface area contributed by atoms with E-state index < -0.39 is 0 Å². The molecule has 3 N–H and O–H groups in total. The Bertz CT molecular complexity index is 436. The number of rotatable bonds is 3. The van der Waals surface area contributed by atoms with E-state index >= 15 is 0 Å². The topological polar surface area (TPSA) is 63.2 Å². The van der Waals surface area contributed by atoms with E-state index in [1.165, 1.54) is 18.2 Å². The number of ether oxygens (including phenoxy) is 2. The van der Waals surface area contributed by atoms with Crippen LogP contribution in [0.15, 0.2) is 18.2 Å². The zero-order valence-electron chi connectivity index (χ0n) is 10.6. The Morgan fingerprint density at radius 3 is 2.72 bits per heavy atom. The highest BCUT2D eigenvalue weighted by Gasteiger charge is 2.33. The Labute approximate surface area is 113 Å². The minimum absolute atomic E-state index is 0. The van der Waals surface area contributed by atoms with Crippen molar-refractivity contribution < 1.29 is 32.4 Å². The molecule has 100 valence electrons. The van der Waals surface area contributed by atoms with Crippen LogP contribution >= 0.6 is 0 Å². The molecule has 0 heterocycles. The molecule has 0 bridgehead atoms. The lowest BCUT2D eigenvalue weighted by Crippen LogP contribution is -3.00. The van der Waals surface area contributed by atoms with Crippen molar-refractivity contribution in [3.8, 4) is 5.75 Å². The van der Waals surface area contributed by atoms with Crippen LogP contribution in [0, 0.1) is 0 Å². The van der Waals surface area contributed by atoms with E-state index in [0.29, 0.717) is 6.42 Å². The molecule has 0 saturated carbocycles. The van der Waals surface area contributed by atoms with Crippen molar-refractivity contribution in [2.45, 2.75) is 24.8 Å². The molecule has 1 aliphatic rings. The van der Waals surface area contributed by atoms with Crippen molar-refractivity contribution >= 4 is 5.97 Å². The van der Waals surface area contributed by atoms with Gasteiger partial charge in [-0.2, -0.15) is 0 Å². The van der Waals surface area contributed by atoms with Crippen molar-refractivity contribution in [2.24, 2.45) is 0 Å². The van der Waals surface area contributed by atoms with Crippen molar-refractivity contribution in [3.63, 3.8) is 0 Å². The van der Waals surface area contributed by atoms with E-state index in [1.54, 1.807) is 7.11 Å². The summed E-state index contributed by atoms with van der Waals surface area (Å²) >= 11 is 0. The Balaban J connectivity index is 0.00000162. The second kappa shape index (κ2) is 6.07. The number of hydrogen-bond donors (Lipinski definition) is 1. The third-order valence-corrected chi connectivity index (χ3v) is 3.38. The van der Waals surface area contributed by atoms with Crippen molar-refractivity contribution in [2.75, 3.05) is 14.2 Å². The number of benzene rings is 1. The maximum Gasteiger partial charge on any atom is 0.306 e. The van der Waals surface area contributed by atoms with Gasteiger partial charge in [-0.05, 0) is 23.8 Å². The highest BCUT2D eigenvalue weighted by atomic mass is 35.5. The molecule has 2 rings (SSSR count). The van der Waals surface area contributed by atoms with Gasteiger partial charge in [0.15, 0.2) is 0 Å². The summed E-state index contributed by atoms with van der Waals surface area (Å²) in [5.41, 5.74) is 6.52. The van der Waals surface area contributed by atoms with Crippen LogP contribution < -0.4 is 22.9 Å². The average Bonchev–Trinajstić information content (AvgIpc) is 2.65. The highest BCUT2D eigenvalue weighted by Crippen LogP contribution is 2.41. The van der Waals surface area contributed by atoms with Crippen LogP contribution in [0.25, 0.3) is 0 Å². The summed E-state index contributed by atoms with van der Waals surface area (Å²) in [7, 11) is 3.07. The quantitative estimate of drug-likeness (QED) is 0.649. The standard InChI is InChI=1S/C13H17NO3.ClH/c1-16-9-3-4-10-11(7-9)8(5-12(10)14)6-13(15)17-2;/h3-4,7-8,12H,5-6,14H2,1-2H3;1H. The van der Waals surface area contributed by atoms with E-state index in [9.17, 15) is 4.79 Å². The molecule has 1 aliphatic carbocycles. The monoisotopic (exact) mass is 271 g/mol. The van der Waals surface area contributed by atoms with Gasteiger partial charge in [-0.1, -0.05) is 0 Å². The fourth-order valence-corrected chi connectivity index (χ4v) is 2.48. The van der Waals surface area contributed by atoms with Crippen LogP contribution in [0.2, 0.25) is 0 Å². The number of halogens is 1. The first-order chi connectivity index (χ1) is 8.15. The summed E-state index contributed by atoms with van der Waals surface area (Å²) in [6.45, 7) is 0. The maximum atomic E-state index is 11.4. The number of carbonyl (C=O) groups is 1. The zero-order valence-corrected chi connectivity index (χ0v) is 11.4. The van der Waals surface area contributed by atoms with Crippen LogP contribution in [0.3, 0.4) is 0 Å². The van der Waals surface area contributed by atoms with Crippen LogP contribution in [-0.2, 0) is 9.53 Å². The van der Waals surface area contributed by atoms with Crippen LogP contribution in [0.4, 0.5) is 0 Å². The van der Waals surface area contributed by atoms with Gasteiger partial charge in [0.2, 0.25) is 0 Å². The highest BCUT2D eigenvalue weighted by molar-refractivity contribution is 5.71. The SMILES string of the molecule is COC(=O)CC1CC([NH3+])c2ccc(OC)cc21.[Cl-]. The van der Waals surface area contributed by atoms with E-state index in [-0.39, 0.29) is 30.3 Å². The summed E-state index contributed by atoms with van der Waals surface area (Å²) in [4.78, 5) is 11.4. The van der Waals surface area contributed by atoms with Crippen molar-refractivity contribution in [1.82, 2.24) is 0 Å². The fraction of sp³-hybridized carbons (Fsp3) is 0.462. The molecule has 18 heavy (non-hydrogen) atoms. The van der Waals surface area contributed by atoms with Crippen molar-refractivity contribution in [1.29, 1.82) is 0 Å². The predicted octanol–water partition coefficient (Wildman–Crippen LogP) is -1.97. The molecule has 0 spiro atoms. The Kier molecular flexibility index (Phi) is 4.99. The van der Waals surface area contributed by atoms with Gasteiger partial charge in [-0.25, -0.2) is 0 Å². The van der Waals surface area contributed by atoms with Gasteiger partial charge < -0.3 is 27.6 Å². The lowest BCUT2D eigenvalue weighted by molar-refractivity contribution is -0.426. The first-order valence-corrected chi connectivity index (χ1v) is 5.73. The van der Waals surface area contributed by atoms with E-state index in [0.717, 1.165) is 12.2 Å². The lowest BCUT2D eigenvalue weighted by Gasteiger charge is -2.10. The molecule has 5 heteroatoms. The third kappa shape index (κ3) is 2.76. The van der Waals surface area contributed by atoms with E-state index in [1.807, 2.05) is 18.2 Å². The van der Waals surface area contributed by atoms with E-state index in [2.05, 4.69) is 5.73 Å². The average molecular weight is 272 g/mol. The van der Waals surface area contributed by atoms with Gasteiger partial charge in [0.25, 0.3) is 0 Å². The molecular formula is C13H18ClNO3. The number of hydrogen-bond acceptors (Lipinski definition) is 3. The predicted molar refractivity (Wildman–Crippen MR) is 62.6 cm³/mol. The molecule has 0 fully saturated rings. The lowest BCUT2D eigenvalue weighted by atomic mass is 9.98. The van der Waals surface area contributed by atoms with E-state index in [4.69, 9.17) is 9.47 Å². The van der Waals surface area contributed by atoms with Crippen LogP contribution in [0.5, 0.6) is 5.75 Å².